The molecule has 4 nitrogen and oxygen atoms in total. The summed E-state index contributed by atoms with van der Waals surface area (Å²) in [4.78, 5) is 16.9. The molecule has 1 aromatic heterocycles. The molecule has 1 aliphatic rings. The summed E-state index contributed by atoms with van der Waals surface area (Å²) in [5.41, 5.74) is 2.78. The number of carbonyl (C=O) groups is 1. The molecule has 114 valence electrons. The largest absolute Gasteiger partial charge is 0.497 e. The Kier molecular flexibility index (Phi) is 4.09. The van der Waals surface area contributed by atoms with E-state index in [4.69, 9.17) is 4.74 Å². The van der Waals surface area contributed by atoms with Crippen LogP contribution in [0.15, 0.2) is 42.6 Å². The second-order valence-electron chi connectivity index (χ2n) is 5.70. The summed E-state index contributed by atoms with van der Waals surface area (Å²) in [5.74, 6) is 0.992. The predicted octanol–water partition coefficient (Wildman–Crippen LogP) is 3.71. The van der Waals surface area contributed by atoms with Crippen LogP contribution in [0.5, 0.6) is 5.75 Å². The average molecular weight is 296 g/mol. The Hall–Kier alpha value is -2.36. The van der Waals surface area contributed by atoms with Crippen molar-refractivity contribution in [1.82, 2.24) is 4.98 Å². The lowest BCUT2D eigenvalue weighted by atomic mass is 10.00. The Morgan fingerprint density at radius 3 is 2.86 bits per heavy atom. The van der Waals surface area contributed by atoms with Gasteiger partial charge in [-0.15, -0.1) is 0 Å². The number of pyridine rings is 1. The Labute approximate surface area is 130 Å². The van der Waals surface area contributed by atoms with Gasteiger partial charge in [0.05, 0.1) is 24.4 Å². The van der Waals surface area contributed by atoms with E-state index in [1.54, 1.807) is 13.3 Å². The van der Waals surface area contributed by atoms with E-state index in [-0.39, 0.29) is 11.8 Å². The molecule has 1 N–H and O–H groups in total. The van der Waals surface area contributed by atoms with E-state index < -0.39 is 0 Å². The summed E-state index contributed by atoms with van der Waals surface area (Å²) < 4.78 is 5.22. The van der Waals surface area contributed by atoms with E-state index in [2.05, 4.69) is 10.3 Å². The third-order valence-corrected chi connectivity index (χ3v) is 4.05. The highest BCUT2D eigenvalue weighted by Crippen LogP contribution is 2.42. The zero-order valence-corrected chi connectivity index (χ0v) is 12.9. The number of hydrogen-bond acceptors (Lipinski definition) is 3. The molecule has 1 fully saturated rings. The maximum Gasteiger partial charge on any atom is 0.231 e. The number of nitrogens with one attached hydrogen (secondary N) is 1. The third kappa shape index (κ3) is 3.11. The van der Waals surface area contributed by atoms with Gasteiger partial charge in [0, 0.05) is 12.1 Å². The maximum absolute atomic E-state index is 12.5. The van der Waals surface area contributed by atoms with Crippen LogP contribution in [0.4, 0.5) is 5.69 Å². The average Bonchev–Trinajstić information content (AvgIpc) is 3.39. The number of nitrogens with zero attached hydrogens (tertiary/aromatic N) is 1. The lowest BCUT2D eigenvalue weighted by Gasteiger charge is -2.15. The second kappa shape index (κ2) is 6.18. The fraction of sp³-hybridized carbons (Fsp3) is 0.333. The van der Waals surface area contributed by atoms with Gasteiger partial charge in [-0.2, -0.15) is 0 Å². The molecule has 2 aromatic rings. The number of rotatable bonds is 5. The summed E-state index contributed by atoms with van der Waals surface area (Å²) >= 11 is 0. The highest BCUT2D eigenvalue weighted by atomic mass is 16.5. The highest BCUT2D eigenvalue weighted by Gasteiger charge is 2.28. The normalized spacial score (nSPS) is 15.2. The molecule has 3 rings (SSSR count). The fourth-order valence-corrected chi connectivity index (χ4v) is 2.51. The maximum atomic E-state index is 12.5. The third-order valence-electron chi connectivity index (χ3n) is 4.05. The van der Waals surface area contributed by atoms with Crippen molar-refractivity contribution in [2.24, 2.45) is 0 Å². The zero-order chi connectivity index (χ0) is 15.5. The molecule has 22 heavy (non-hydrogen) atoms. The van der Waals surface area contributed by atoms with Crippen molar-refractivity contribution < 1.29 is 9.53 Å². The van der Waals surface area contributed by atoms with Gasteiger partial charge < -0.3 is 10.1 Å². The first-order valence-corrected chi connectivity index (χ1v) is 7.58. The van der Waals surface area contributed by atoms with Crippen molar-refractivity contribution in [1.29, 1.82) is 0 Å². The summed E-state index contributed by atoms with van der Waals surface area (Å²) in [7, 11) is 1.63. The van der Waals surface area contributed by atoms with Crippen LogP contribution in [0.3, 0.4) is 0 Å². The lowest BCUT2D eigenvalue weighted by molar-refractivity contribution is -0.117. The molecule has 4 heteroatoms. The van der Waals surface area contributed by atoms with Crippen LogP contribution in [0.2, 0.25) is 0 Å². The number of aromatic nitrogens is 1. The van der Waals surface area contributed by atoms with E-state index in [9.17, 15) is 4.79 Å². The number of anilines is 1. The molecule has 0 radical (unpaired) electrons. The van der Waals surface area contributed by atoms with Crippen LogP contribution in [0.1, 0.15) is 42.9 Å². The van der Waals surface area contributed by atoms with Crippen LogP contribution >= 0.6 is 0 Å². The van der Waals surface area contributed by atoms with E-state index in [1.807, 2.05) is 43.3 Å². The quantitative estimate of drug-likeness (QED) is 0.915. The van der Waals surface area contributed by atoms with Crippen molar-refractivity contribution in [3.8, 4) is 5.75 Å². The second-order valence-corrected chi connectivity index (χ2v) is 5.70. The smallest absolute Gasteiger partial charge is 0.231 e. The molecule has 1 atom stereocenters. The summed E-state index contributed by atoms with van der Waals surface area (Å²) in [5, 5.41) is 3.03. The molecule has 0 saturated heterocycles. The fourth-order valence-electron chi connectivity index (χ4n) is 2.51. The number of hydrogen-bond donors (Lipinski definition) is 1. The minimum Gasteiger partial charge on any atom is -0.497 e. The number of benzene rings is 1. The molecule has 0 aliphatic heterocycles. The minimum atomic E-state index is -0.248. The molecule has 1 unspecified atom stereocenters. The molecule has 1 aliphatic carbocycles. The van der Waals surface area contributed by atoms with Gasteiger partial charge in [0.15, 0.2) is 0 Å². The van der Waals surface area contributed by atoms with Gasteiger partial charge in [-0.05, 0) is 49.6 Å². The van der Waals surface area contributed by atoms with Crippen LogP contribution < -0.4 is 10.1 Å². The number of carbonyl (C=O) groups excluding carboxylic acids is 1. The highest BCUT2D eigenvalue weighted by molar-refractivity contribution is 5.96. The van der Waals surface area contributed by atoms with Gasteiger partial charge in [0.2, 0.25) is 5.91 Å². The first-order valence-electron chi connectivity index (χ1n) is 7.58. The zero-order valence-electron chi connectivity index (χ0n) is 12.9. The van der Waals surface area contributed by atoms with E-state index >= 15 is 0 Å². The molecule has 1 amide bonds. The van der Waals surface area contributed by atoms with Gasteiger partial charge in [-0.3, -0.25) is 9.78 Å². The molecular weight excluding hydrogens is 276 g/mol. The number of amides is 1. The van der Waals surface area contributed by atoms with Crippen molar-refractivity contribution in [3.05, 3.63) is 53.9 Å². The van der Waals surface area contributed by atoms with Crippen molar-refractivity contribution in [3.63, 3.8) is 0 Å². The molecule has 1 aromatic carbocycles. The van der Waals surface area contributed by atoms with Crippen LogP contribution in [-0.2, 0) is 4.79 Å². The molecule has 0 spiro atoms. The molecule has 1 heterocycles. The number of ether oxygens (including phenoxy) is 1. The predicted molar refractivity (Wildman–Crippen MR) is 86.3 cm³/mol. The first kappa shape index (κ1) is 14.6. The van der Waals surface area contributed by atoms with Gasteiger partial charge in [-0.25, -0.2) is 0 Å². The topological polar surface area (TPSA) is 51.2 Å². The van der Waals surface area contributed by atoms with Gasteiger partial charge in [0.1, 0.15) is 5.75 Å². The molecule has 1 saturated carbocycles. The van der Waals surface area contributed by atoms with Gasteiger partial charge in [-0.1, -0.05) is 12.1 Å². The minimum absolute atomic E-state index is 0.0249. The van der Waals surface area contributed by atoms with E-state index in [1.165, 1.54) is 0 Å². The Morgan fingerprint density at radius 1 is 1.32 bits per heavy atom. The van der Waals surface area contributed by atoms with Crippen molar-refractivity contribution in [2.75, 3.05) is 12.4 Å². The van der Waals surface area contributed by atoms with Crippen molar-refractivity contribution in [2.45, 2.75) is 31.6 Å². The Balaban J connectivity index is 1.76. The van der Waals surface area contributed by atoms with Gasteiger partial charge >= 0.3 is 0 Å². The van der Waals surface area contributed by atoms with E-state index in [0.717, 1.165) is 35.5 Å². The van der Waals surface area contributed by atoms with Crippen molar-refractivity contribution >= 4 is 11.6 Å². The van der Waals surface area contributed by atoms with E-state index in [0.29, 0.717) is 5.92 Å². The summed E-state index contributed by atoms with van der Waals surface area (Å²) in [6.45, 7) is 1.90. The molecular formula is C18H20N2O2. The van der Waals surface area contributed by atoms with Gasteiger partial charge in [0.25, 0.3) is 0 Å². The summed E-state index contributed by atoms with van der Waals surface area (Å²) in [6, 6.07) is 11.4. The lowest BCUT2D eigenvalue weighted by Crippen LogP contribution is -2.20. The molecule has 0 bridgehead atoms. The number of methoxy groups -OCH3 is 1. The summed E-state index contributed by atoms with van der Waals surface area (Å²) in [6.07, 6.45) is 4.10. The monoisotopic (exact) mass is 296 g/mol. The van der Waals surface area contributed by atoms with Crippen LogP contribution in [0, 0.1) is 0 Å². The standard InChI is InChI=1S/C18H20N2O2/c1-12(14-5-3-6-15(11-14)22-2)18(21)20-16-7-4-10-19-17(16)13-8-9-13/h3-7,10-13H,8-9H2,1-2H3,(H,20,21). The first-order chi connectivity index (χ1) is 10.7. The Morgan fingerprint density at radius 2 is 2.14 bits per heavy atom. The Bertz CT molecular complexity index is 680. The van der Waals surface area contributed by atoms with Crippen LogP contribution in [0.25, 0.3) is 0 Å². The van der Waals surface area contributed by atoms with Crippen LogP contribution in [-0.4, -0.2) is 18.0 Å². The SMILES string of the molecule is COc1cccc(C(C)C(=O)Nc2cccnc2C2CC2)c1.